The Bertz CT molecular complexity index is 1640. The van der Waals surface area contributed by atoms with Crippen molar-refractivity contribution < 1.29 is 14.3 Å². The molecule has 0 atom stereocenters. The first-order valence-corrected chi connectivity index (χ1v) is 13.7. The van der Waals surface area contributed by atoms with Crippen LogP contribution in [0.2, 0.25) is 0 Å². The standard InChI is InChI=1S/C30H30BN9O3/c1-19-7-10-25(16-32-19)28-13-22(4)38(35-28)41-31(42-39-23(5)14-29(36-39)26-11-8-20(2)33-17-26)43-40-24(6)15-30(37-40)27-12-9-21(3)34-18-27/h7-18H,1-6H3. The van der Waals surface area contributed by atoms with Gasteiger partial charge in [0.1, 0.15) is 0 Å². The van der Waals surface area contributed by atoms with Crippen molar-refractivity contribution in [2.45, 2.75) is 41.5 Å². The summed E-state index contributed by atoms with van der Waals surface area (Å²) in [4.78, 5) is 17.2. The van der Waals surface area contributed by atoms with Crippen LogP contribution in [0.3, 0.4) is 0 Å². The Hall–Kier alpha value is -5.46. The van der Waals surface area contributed by atoms with E-state index in [1.807, 2.05) is 96.1 Å². The van der Waals surface area contributed by atoms with Crippen molar-refractivity contribution in [2.75, 3.05) is 0 Å². The van der Waals surface area contributed by atoms with Crippen LogP contribution in [-0.4, -0.2) is 52.1 Å². The first-order valence-electron chi connectivity index (χ1n) is 13.7. The molecule has 13 heteroatoms. The molecule has 0 aliphatic carbocycles. The van der Waals surface area contributed by atoms with E-state index in [0.29, 0.717) is 17.1 Å². The van der Waals surface area contributed by atoms with Gasteiger partial charge in [-0.25, -0.2) is 0 Å². The molecule has 0 fully saturated rings. The van der Waals surface area contributed by atoms with Crippen LogP contribution in [0.15, 0.2) is 73.2 Å². The first kappa shape index (κ1) is 27.7. The zero-order chi connectivity index (χ0) is 30.1. The van der Waals surface area contributed by atoms with Crippen LogP contribution in [0, 0.1) is 41.5 Å². The third kappa shape index (κ3) is 6.10. The predicted molar refractivity (Wildman–Crippen MR) is 160 cm³/mol. The summed E-state index contributed by atoms with van der Waals surface area (Å²) < 4.78 is 18.4. The third-order valence-electron chi connectivity index (χ3n) is 6.72. The summed E-state index contributed by atoms with van der Waals surface area (Å²) in [6.07, 6.45) is 5.32. The topological polar surface area (TPSA) is 120 Å². The number of nitrogens with zero attached hydrogens (tertiary/aromatic N) is 9. The Labute approximate surface area is 249 Å². The van der Waals surface area contributed by atoms with E-state index in [-0.39, 0.29) is 0 Å². The van der Waals surface area contributed by atoms with Crippen LogP contribution >= 0.6 is 0 Å². The van der Waals surface area contributed by atoms with E-state index in [1.54, 1.807) is 18.6 Å². The van der Waals surface area contributed by atoms with Crippen LogP contribution in [0.5, 0.6) is 0 Å². The molecule has 0 aromatic carbocycles. The molecule has 12 nitrogen and oxygen atoms in total. The summed E-state index contributed by atoms with van der Waals surface area (Å²) in [5.41, 5.74) is 9.57. The van der Waals surface area contributed by atoms with Gasteiger partial charge in [0.05, 0.1) is 34.2 Å². The van der Waals surface area contributed by atoms with Crippen molar-refractivity contribution in [3.8, 4) is 33.8 Å². The number of rotatable bonds is 9. The summed E-state index contributed by atoms with van der Waals surface area (Å²) in [6.45, 7) is 11.4. The zero-order valence-corrected chi connectivity index (χ0v) is 24.8. The molecule has 0 unspecified atom stereocenters. The Morgan fingerprint density at radius 3 is 1.02 bits per heavy atom. The van der Waals surface area contributed by atoms with Gasteiger partial charge in [0, 0.05) is 52.4 Å². The first-order chi connectivity index (χ1) is 20.7. The molecule has 0 saturated carbocycles. The number of hydrogen-bond acceptors (Lipinski definition) is 9. The Morgan fingerprint density at radius 1 is 0.465 bits per heavy atom. The maximum atomic E-state index is 6.14. The lowest BCUT2D eigenvalue weighted by molar-refractivity contribution is 0.0361. The lowest BCUT2D eigenvalue weighted by Crippen LogP contribution is -2.50. The minimum absolute atomic E-state index is 0.692. The zero-order valence-electron chi connectivity index (χ0n) is 24.8. The van der Waals surface area contributed by atoms with E-state index in [1.165, 1.54) is 14.5 Å². The van der Waals surface area contributed by atoms with E-state index in [4.69, 9.17) is 14.3 Å². The van der Waals surface area contributed by atoms with Crippen molar-refractivity contribution >= 4 is 7.32 Å². The Morgan fingerprint density at radius 2 is 0.767 bits per heavy atom. The van der Waals surface area contributed by atoms with Gasteiger partial charge in [-0.1, -0.05) is 0 Å². The lowest BCUT2D eigenvalue weighted by atomic mass is 10.2. The lowest BCUT2D eigenvalue weighted by Gasteiger charge is -2.16. The van der Waals surface area contributed by atoms with Gasteiger partial charge in [-0.3, -0.25) is 15.0 Å². The summed E-state index contributed by atoms with van der Waals surface area (Å²) in [5, 5.41) is 13.9. The number of aromatic nitrogens is 9. The average Bonchev–Trinajstić information content (AvgIpc) is 3.66. The smallest absolute Gasteiger partial charge is 0.380 e. The summed E-state index contributed by atoms with van der Waals surface area (Å²) in [5.74, 6) is 0. The second-order valence-electron chi connectivity index (χ2n) is 10.3. The molecular weight excluding hydrogens is 545 g/mol. The number of aryl methyl sites for hydroxylation is 6. The fraction of sp³-hybridized carbons (Fsp3) is 0.200. The van der Waals surface area contributed by atoms with Crippen molar-refractivity contribution in [3.63, 3.8) is 0 Å². The molecule has 0 spiro atoms. The van der Waals surface area contributed by atoms with Crippen molar-refractivity contribution in [1.82, 2.24) is 44.8 Å². The third-order valence-corrected chi connectivity index (χ3v) is 6.72. The van der Waals surface area contributed by atoms with Gasteiger partial charge in [0.15, 0.2) is 0 Å². The average molecular weight is 575 g/mol. The van der Waals surface area contributed by atoms with Crippen molar-refractivity contribution in [3.05, 3.63) is 107 Å². The van der Waals surface area contributed by atoms with E-state index in [9.17, 15) is 0 Å². The quantitative estimate of drug-likeness (QED) is 0.236. The molecule has 6 rings (SSSR count). The van der Waals surface area contributed by atoms with Gasteiger partial charge in [0.25, 0.3) is 0 Å². The van der Waals surface area contributed by atoms with Gasteiger partial charge in [0.2, 0.25) is 0 Å². The van der Waals surface area contributed by atoms with E-state index >= 15 is 0 Å². The molecule has 6 heterocycles. The maximum Gasteiger partial charge on any atom is 0.929 e. The Kier molecular flexibility index (Phi) is 7.37. The molecular formula is C30H30BN9O3. The van der Waals surface area contributed by atoms with Gasteiger partial charge >= 0.3 is 7.32 Å². The van der Waals surface area contributed by atoms with Crippen LogP contribution < -0.4 is 14.3 Å². The second kappa shape index (κ2) is 11.4. The molecule has 0 bridgehead atoms. The largest absolute Gasteiger partial charge is 0.929 e. The summed E-state index contributed by atoms with van der Waals surface area (Å²) >= 11 is 0. The van der Waals surface area contributed by atoms with Crippen LogP contribution in [-0.2, 0) is 0 Å². The minimum Gasteiger partial charge on any atom is -0.380 e. The maximum absolute atomic E-state index is 6.14. The van der Waals surface area contributed by atoms with E-state index in [2.05, 4.69) is 30.2 Å². The monoisotopic (exact) mass is 575 g/mol. The molecule has 0 amide bonds. The predicted octanol–water partition coefficient (Wildman–Crippen LogP) is 3.98. The fourth-order valence-electron chi connectivity index (χ4n) is 4.28. The highest BCUT2D eigenvalue weighted by Crippen LogP contribution is 2.20. The highest BCUT2D eigenvalue weighted by atomic mass is 16.9. The Balaban J connectivity index is 1.31. The molecule has 216 valence electrons. The van der Waals surface area contributed by atoms with Crippen LogP contribution in [0.25, 0.3) is 33.8 Å². The fourth-order valence-corrected chi connectivity index (χ4v) is 4.28. The second-order valence-corrected chi connectivity index (χ2v) is 10.3. The molecule has 0 saturated heterocycles. The summed E-state index contributed by atoms with van der Waals surface area (Å²) in [6, 6.07) is 17.4. The normalized spacial score (nSPS) is 11.0. The van der Waals surface area contributed by atoms with E-state index < -0.39 is 7.32 Å². The van der Waals surface area contributed by atoms with E-state index in [0.717, 1.165) is 50.9 Å². The molecule has 0 aliphatic heterocycles. The molecule has 0 aliphatic rings. The van der Waals surface area contributed by atoms with Gasteiger partial charge in [-0.05, 0) is 96.1 Å². The number of pyridine rings is 3. The van der Waals surface area contributed by atoms with Crippen LogP contribution in [0.1, 0.15) is 34.2 Å². The van der Waals surface area contributed by atoms with Gasteiger partial charge < -0.3 is 14.3 Å². The molecule has 6 aromatic heterocycles. The molecule has 43 heavy (non-hydrogen) atoms. The number of hydrogen-bond donors (Lipinski definition) is 0. The summed E-state index contributed by atoms with van der Waals surface area (Å²) in [7, 11) is -1.34. The van der Waals surface area contributed by atoms with Gasteiger partial charge in [-0.15, -0.1) is 29.8 Å². The molecule has 0 N–H and O–H groups in total. The van der Waals surface area contributed by atoms with Crippen molar-refractivity contribution in [2.24, 2.45) is 0 Å². The van der Waals surface area contributed by atoms with Gasteiger partial charge in [-0.2, -0.15) is 0 Å². The highest BCUT2D eigenvalue weighted by Gasteiger charge is 2.36. The SMILES string of the molecule is Cc1ccc(-c2cc(C)n(OB(On3nc(-c4ccc(C)nc4)cc3C)On3nc(-c4ccc(C)nc4)cc3C)n2)cn1. The highest BCUT2D eigenvalue weighted by molar-refractivity contribution is 6.37. The van der Waals surface area contributed by atoms with Crippen LogP contribution in [0.4, 0.5) is 0 Å². The van der Waals surface area contributed by atoms with Crippen molar-refractivity contribution in [1.29, 1.82) is 0 Å². The minimum atomic E-state index is -1.34. The molecule has 0 radical (unpaired) electrons. The molecule has 6 aromatic rings.